The van der Waals surface area contributed by atoms with E-state index in [4.69, 9.17) is 4.74 Å². The molecule has 1 aromatic rings. The number of nitrogens with zero attached hydrogens (tertiary/aromatic N) is 1. The molecule has 21 heavy (non-hydrogen) atoms. The first-order valence-corrected chi connectivity index (χ1v) is 8.49. The minimum absolute atomic E-state index is 0.456. The molecule has 0 radical (unpaired) electrons. The van der Waals surface area contributed by atoms with Crippen molar-refractivity contribution in [3.63, 3.8) is 0 Å². The minimum Gasteiger partial charge on any atom is -0.383 e. The van der Waals surface area contributed by atoms with Crippen LogP contribution in [0.3, 0.4) is 0 Å². The Morgan fingerprint density at radius 2 is 1.95 bits per heavy atom. The molecule has 0 atom stereocenters. The molecule has 0 aliphatic rings. The van der Waals surface area contributed by atoms with Gasteiger partial charge in [0.15, 0.2) is 0 Å². The highest BCUT2D eigenvalue weighted by Gasteiger charge is 2.12. The van der Waals surface area contributed by atoms with Crippen molar-refractivity contribution < 1.29 is 4.74 Å². The van der Waals surface area contributed by atoms with E-state index in [1.165, 1.54) is 15.7 Å². The molecule has 0 fully saturated rings. The van der Waals surface area contributed by atoms with Crippen molar-refractivity contribution in [2.45, 2.75) is 40.3 Å². The predicted molar refractivity (Wildman–Crippen MR) is 95.0 cm³/mol. The highest BCUT2D eigenvalue weighted by molar-refractivity contribution is 9.10. The van der Waals surface area contributed by atoms with E-state index in [0.717, 1.165) is 26.2 Å². The third-order valence-electron chi connectivity index (χ3n) is 3.40. The fraction of sp³-hybridized carbons (Fsp3) is 0.647. The monoisotopic (exact) mass is 356 g/mol. The van der Waals surface area contributed by atoms with Gasteiger partial charge < -0.3 is 15.0 Å². The van der Waals surface area contributed by atoms with Crippen LogP contribution in [0.1, 0.15) is 33.3 Å². The van der Waals surface area contributed by atoms with Crippen molar-refractivity contribution in [1.82, 2.24) is 5.32 Å². The highest BCUT2D eigenvalue weighted by Crippen LogP contribution is 2.25. The van der Waals surface area contributed by atoms with Gasteiger partial charge in [0.25, 0.3) is 0 Å². The maximum atomic E-state index is 5.21. The van der Waals surface area contributed by atoms with Gasteiger partial charge in [-0.25, -0.2) is 0 Å². The van der Waals surface area contributed by atoms with Crippen molar-refractivity contribution in [2.24, 2.45) is 5.92 Å². The molecule has 0 heterocycles. The Morgan fingerprint density at radius 1 is 1.24 bits per heavy atom. The van der Waals surface area contributed by atoms with Gasteiger partial charge >= 0.3 is 0 Å². The van der Waals surface area contributed by atoms with Crippen LogP contribution in [-0.2, 0) is 11.3 Å². The largest absolute Gasteiger partial charge is 0.383 e. The fourth-order valence-electron chi connectivity index (χ4n) is 2.23. The summed E-state index contributed by atoms with van der Waals surface area (Å²) in [6.07, 6.45) is 0. The van der Waals surface area contributed by atoms with E-state index in [0.29, 0.717) is 12.0 Å². The number of halogens is 1. The molecule has 0 saturated carbocycles. The van der Waals surface area contributed by atoms with Crippen LogP contribution >= 0.6 is 15.9 Å². The van der Waals surface area contributed by atoms with Crippen LogP contribution in [-0.4, -0.2) is 32.8 Å². The van der Waals surface area contributed by atoms with Crippen LogP contribution in [0, 0.1) is 5.92 Å². The van der Waals surface area contributed by atoms with Gasteiger partial charge in [-0.15, -0.1) is 0 Å². The summed E-state index contributed by atoms with van der Waals surface area (Å²) in [7, 11) is 1.75. The number of ether oxygens (including phenoxy) is 1. The Kier molecular flexibility index (Phi) is 8.30. The van der Waals surface area contributed by atoms with Crippen molar-refractivity contribution in [1.29, 1.82) is 0 Å². The quantitative estimate of drug-likeness (QED) is 0.721. The third-order valence-corrected chi connectivity index (χ3v) is 4.13. The van der Waals surface area contributed by atoms with E-state index < -0.39 is 0 Å². The summed E-state index contributed by atoms with van der Waals surface area (Å²) in [5, 5.41) is 3.48. The van der Waals surface area contributed by atoms with Gasteiger partial charge in [-0.2, -0.15) is 0 Å². The van der Waals surface area contributed by atoms with E-state index in [-0.39, 0.29) is 0 Å². The average molecular weight is 357 g/mol. The molecule has 0 bridgehead atoms. The third kappa shape index (κ3) is 6.37. The van der Waals surface area contributed by atoms with Crippen LogP contribution in [0.25, 0.3) is 0 Å². The molecule has 0 amide bonds. The standard InChI is InChI=1S/C17H29BrN2O/c1-13(2)11-19-12-15-6-7-16(10-17(15)18)20(14(3)4)8-9-21-5/h6-7,10,13-14,19H,8-9,11-12H2,1-5H3. The lowest BCUT2D eigenvalue weighted by molar-refractivity contribution is 0.204. The van der Waals surface area contributed by atoms with Crippen LogP contribution in [0.2, 0.25) is 0 Å². The Hall–Kier alpha value is -0.580. The van der Waals surface area contributed by atoms with E-state index in [2.05, 4.69) is 72.0 Å². The predicted octanol–water partition coefficient (Wildman–Crippen LogP) is 4.06. The Labute approximate surface area is 138 Å². The summed E-state index contributed by atoms with van der Waals surface area (Å²) in [5.41, 5.74) is 2.54. The second-order valence-corrected chi connectivity index (χ2v) is 6.93. The zero-order valence-electron chi connectivity index (χ0n) is 13.9. The Balaban J connectivity index is 2.74. The summed E-state index contributed by atoms with van der Waals surface area (Å²) >= 11 is 3.70. The number of hydrogen-bond donors (Lipinski definition) is 1. The van der Waals surface area contributed by atoms with Gasteiger partial charge in [-0.05, 0) is 44.0 Å². The molecule has 0 aliphatic heterocycles. The van der Waals surface area contributed by atoms with E-state index in [9.17, 15) is 0 Å². The van der Waals surface area contributed by atoms with Crippen LogP contribution in [0.4, 0.5) is 5.69 Å². The second kappa shape index (κ2) is 9.44. The SMILES string of the molecule is COCCN(c1ccc(CNCC(C)C)c(Br)c1)C(C)C. The summed E-state index contributed by atoms with van der Waals surface area (Å²) in [6.45, 7) is 12.5. The first kappa shape index (κ1) is 18.5. The van der Waals surface area contributed by atoms with Crippen molar-refractivity contribution in [3.05, 3.63) is 28.2 Å². The molecule has 120 valence electrons. The normalized spacial score (nSPS) is 11.4. The average Bonchev–Trinajstić information content (AvgIpc) is 2.40. The van der Waals surface area contributed by atoms with E-state index in [1.54, 1.807) is 7.11 Å². The fourth-order valence-corrected chi connectivity index (χ4v) is 2.74. The molecule has 1 rings (SSSR count). The molecule has 4 heteroatoms. The van der Waals surface area contributed by atoms with Crippen LogP contribution in [0.15, 0.2) is 22.7 Å². The number of rotatable bonds is 9. The summed E-state index contributed by atoms with van der Waals surface area (Å²) in [5.74, 6) is 0.675. The van der Waals surface area contributed by atoms with Gasteiger partial charge in [0.2, 0.25) is 0 Å². The summed E-state index contributed by atoms with van der Waals surface area (Å²) < 4.78 is 6.38. The van der Waals surface area contributed by atoms with Crippen molar-refractivity contribution >= 4 is 21.6 Å². The van der Waals surface area contributed by atoms with E-state index >= 15 is 0 Å². The van der Waals surface area contributed by atoms with Gasteiger partial charge in [0, 0.05) is 36.4 Å². The molecule has 0 saturated heterocycles. The molecule has 1 N–H and O–H groups in total. The molecule has 0 aromatic heterocycles. The number of anilines is 1. The smallest absolute Gasteiger partial charge is 0.0637 e. The van der Waals surface area contributed by atoms with Crippen LogP contribution < -0.4 is 10.2 Å². The number of methoxy groups -OCH3 is 1. The molecular weight excluding hydrogens is 328 g/mol. The first-order chi connectivity index (χ1) is 9.95. The Morgan fingerprint density at radius 3 is 2.48 bits per heavy atom. The zero-order chi connectivity index (χ0) is 15.8. The highest BCUT2D eigenvalue weighted by atomic mass is 79.9. The lowest BCUT2D eigenvalue weighted by Gasteiger charge is -2.29. The minimum atomic E-state index is 0.456. The summed E-state index contributed by atoms with van der Waals surface area (Å²) in [6, 6.07) is 7.07. The van der Waals surface area contributed by atoms with Crippen molar-refractivity contribution in [3.8, 4) is 0 Å². The first-order valence-electron chi connectivity index (χ1n) is 7.70. The lowest BCUT2D eigenvalue weighted by Crippen LogP contribution is -2.33. The van der Waals surface area contributed by atoms with Gasteiger partial charge in [-0.3, -0.25) is 0 Å². The van der Waals surface area contributed by atoms with Gasteiger partial charge in [-0.1, -0.05) is 35.8 Å². The number of nitrogens with one attached hydrogen (secondary N) is 1. The zero-order valence-corrected chi connectivity index (χ0v) is 15.5. The number of benzene rings is 1. The van der Waals surface area contributed by atoms with Gasteiger partial charge in [0.1, 0.15) is 0 Å². The summed E-state index contributed by atoms with van der Waals surface area (Å²) in [4.78, 5) is 2.36. The number of hydrogen-bond acceptors (Lipinski definition) is 3. The molecule has 0 spiro atoms. The lowest BCUT2D eigenvalue weighted by atomic mass is 10.1. The molecule has 0 unspecified atom stereocenters. The molecule has 3 nitrogen and oxygen atoms in total. The molecule has 1 aromatic carbocycles. The van der Waals surface area contributed by atoms with Crippen LogP contribution in [0.5, 0.6) is 0 Å². The Bertz CT molecular complexity index is 421. The van der Waals surface area contributed by atoms with Gasteiger partial charge in [0.05, 0.1) is 6.61 Å². The molecular formula is C17H29BrN2O. The van der Waals surface area contributed by atoms with E-state index in [1.807, 2.05) is 0 Å². The second-order valence-electron chi connectivity index (χ2n) is 6.08. The topological polar surface area (TPSA) is 24.5 Å². The van der Waals surface area contributed by atoms with Crippen molar-refractivity contribution in [2.75, 3.05) is 31.7 Å². The maximum Gasteiger partial charge on any atom is 0.0637 e. The maximum absolute atomic E-state index is 5.21. The molecule has 0 aliphatic carbocycles.